The fraction of sp³-hybridized carbons (Fsp3) is 0.259. The molecule has 2 aliphatic rings. The van der Waals surface area contributed by atoms with Gasteiger partial charge in [0.15, 0.2) is 0 Å². The van der Waals surface area contributed by atoms with E-state index in [0.29, 0.717) is 16.3 Å². The first-order valence-electron chi connectivity index (χ1n) is 11.4. The zero-order valence-electron chi connectivity index (χ0n) is 18.8. The van der Waals surface area contributed by atoms with Gasteiger partial charge in [-0.15, -0.1) is 0 Å². The SMILES string of the molecule is O=C(NS[C@@H](Cc1cc(Cl)ccc1OC1CC1)C(=O)O)OCC1c2ccccc2-c2ccccc21. The molecular formula is C27H24ClNO5S. The summed E-state index contributed by atoms with van der Waals surface area (Å²) in [6.45, 7) is 0.159. The van der Waals surface area contributed by atoms with Crippen LogP contribution in [0.25, 0.3) is 11.1 Å². The van der Waals surface area contributed by atoms with Crippen molar-refractivity contribution < 1.29 is 24.2 Å². The number of amides is 1. The lowest BCUT2D eigenvalue weighted by atomic mass is 9.98. The van der Waals surface area contributed by atoms with Crippen LogP contribution in [0.2, 0.25) is 5.02 Å². The number of carboxylic acid groups (broad SMARTS) is 1. The van der Waals surface area contributed by atoms with Gasteiger partial charge < -0.3 is 14.6 Å². The molecule has 6 nitrogen and oxygen atoms in total. The Kier molecular flexibility index (Phi) is 6.88. The summed E-state index contributed by atoms with van der Waals surface area (Å²) < 4.78 is 14.0. The average Bonchev–Trinajstić information content (AvgIpc) is 3.62. The van der Waals surface area contributed by atoms with E-state index in [4.69, 9.17) is 21.1 Å². The maximum atomic E-state index is 12.5. The van der Waals surface area contributed by atoms with Gasteiger partial charge in [0.1, 0.15) is 17.6 Å². The van der Waals surface area contributed by atoms with Crippen LogP contribution in [0.15, 0.2) is 66.7 Å². The molecule has 3 aromatic rings. The number of benzene rings is 3. The van der Waals surface area contributed by atoms with Crippen LogP contribution in [0.4, 0.5) is 4.79 Å². The van der Waals surface area contributed by atoms with Crippen molar-refractivity contribution in [1.29, 1.82) is 0 Å². The third-order valence-electron chi connectivity index (χ3n) is 6.15. The molecule has 8 heteroatoms. The molecule has 0 bridgehead atoms. The van der Waals surface area contributed by atoms with Crippen LogP contribution in [0.1, 0.15) is 35.4 Å². The number of carbonyl (C=O) groups excluding carboxylic acids is 1. The summed E-state index contributed by atoms with van der Waals surface area (Å²) in [7, 11) is 0. The highest BCUT2D eigenvalue weighted by molar-refractivity contribution is 7.99. The second-order valence-corrected chi connectivity index (χ2v) is 10.1. The van der Waals surface area contributed by atoms with Crippen molar-refractivity contribution >= 4 is 35.6 Å². The Hall–Kier alpha value is -3.16. The third kappa shape index (κ3) is 5.41. The molecule has 5 rings (SSSR count). The molecule has 0 aromatic heterocycles. The van der Waals surface area contributed by atoms with Crippen LogP contribution >= 0.6 is 23.5 Å². The van der Waals surface area contributed by atoms with E-state index >= 15 is 0 Å². The zero-order chi connectivity index (χ0) is 24.4. The lowest BCUT2D eigenvalue weighted by Gasteiger charge is -2.17. The molecule has 1 saturated carbocycles. The topological polar surface area (TPSA) is 84.9 Å². The number of carbonyl (C=O) groups is 2. The Balaban J connectivity index is 1.21. The Morgan fingerprint density at radius 3 is 2.31 bits per heavy atom. The highest BCUT2D eigenvalue weighted by Gasteiger charge is 2.30. The molecule has 1 atom stereocenters. The summed E-state index contributed by atoms with van der Waals surface area (Å²) in [5, 5.41) is 9.30. The predicted octanol–water partition coefficient (Wildman–Crippen LogP) is 6.06. The quantitative estimate of drug-likeness (QED) is 0.341. The molecule has 2 aliphatic carbocycles. The van der Waals surface area contributed by atoms with Gasteiger partial charge in [-0.3, -0.25) is 9.52 Å². The van der Waals surface area contributed by atoms with Gasteiger partial charge >= 0.3 is 12.1 Å². The van der Waals surface area contributed by atoms with E-state index in [9.17, 15) is 14.7 Å². The maximum Gasteiger partial charge on any atom is 0.417 e. The number of aliphatic carboxylic acids is 1. The second kappa shape index (κ2) is 10.2. The molecule has 180 valence electrons. The number of hydrogen-bond acceptors (Lipinski definition) is 5. The Bertz CT molecular complexity index is 1220. The van der Waals surface area contributed by atoms with Crippen molar-refractivity contribution in [2.45, 2.75) is 36.5 Å². The second-order valence-electron chi connectivity index (χ2n) is 8.65. The standard InChI is InChI=1S/C27H24ClNO5S/c28-17-9-12-24(34-18-10-11-18)16(13-17)14-25(26(30)31)35-29-27(32)33-15-23-21-7-3-1-5-19(21)20-6-2-4-8-22(20)23/h1-9,12-13,18,23,25H,10-11,14-15H2,(H,29,32)(H,30,31)/t25-/m0/s1. The molecule has 35 heavy (non-hydrogen) atoms. The molecule has 0 radical (unpaired) electrons. The van der Waals surface area contributed by atoms with Gasteiger partial charge in [0.25, 0.3) is 0 Å². The van der Waals surface area contributed by atoms with E-state index in [1.54, 1.807) is 18.2 Å². The summed E-state index contributed by atoms with van der Waals surface area (Å²) in [5.41, 5.74) is 5.20. The third-order valence-corrected chi connectivity index (χ3v) is 7.32. The lowest BCUT2D eigenvalue weighted by Crippen LogP contribution is -2.28. The van der Waals surface area contributed by atoms with Crippen LogP contribution in [-0.4, -0.2) is 35.1 Å². The fourth-order valence-electron chi connectivity index (χ4n) is 4.31. The largest absolute Gasteiger partial charge is 0.490 e. The number of fused-ring (bicyclic) bond motifs is 3. The van der Waals surface area contributed by atoms with Crippen molar-refractivity contribution in [2.24, 2.45) is 0 Å². The van der Waals surface area contributed by atoms with Gasteiger partial charge in [-0.25, -0.2) is 4.79 Å². The first-order chi connectivity index (χ1) is 17.0. The van der Waals surface area contributed by atoms with Gasteiger partial charge in [-0.1, -0.05) is 60.1 Å². The molecular weight excluding hydrogens is 486 g/mol. The minimum Gasteiger partial charge on any atom is -0.490 e. The smallest absolute Gasteiger partial charge is 0.417 e. The van der Waals surface area contributed by atoms with Crippen molar-refractivity contribution in [2.75, 3.05) is 6.61 Å². The fourth-order valence-corrected chi connectivity index (χ4v) is 5.17. The van der Waals surface area contributed by atoms with E-state index in [2.05, 4.69) is 16.9 Å². The number of hydrogen-bond donors (Lipinski definition) is 2. The Morgan fingerprint density at radius 2 is 1.69 bits per heavy atom. The number of ether oxygens (including phenoxy) is 2. The molecule has 0 heterocycles. The summed E-state index contributed by atoms with van der Waals surface area (Å²) >= 11 is 6.95. The molecule has 0 unspecified atom stereocenters. The molecule has 2 N–H and O–H groups in total. The van der Waals surface area contributed by atoms with Crippen molar-refractivity contribution in [3.63, 3.8) is 0 Å². The number of carboxylic acids is 1. The van der Waals surface area contributed by atoms with E-state index in [1.165, 1.54) is 0 Å². The highest BCUT2D eigenvalue weighted by atomic mass is 35.5. The van der Waals surface area contributed by atoms with E-state index < -0.39 is 17.3 Å². The summed E-state index contributed by atoms with van der Waals surface area (Å²) in [6, 6.07) is 21.4. The van der Waals surface area contributed by atoms with Gasteiger partial charge in [-0.2, -0.15) is 0 Å². The summed E-state index contributed by atoms with van der Waals surface area (Å²) in [4.78, 5) is 24.4. The van der Waals surface area contributed by atoms with E-state index in [-0.39, 0.29) is 25.0 Å². The van der Waals surface area contributed by atoms with Crippen molar-refractivity contribution in [1.82, 2.24) is 4.72 Å². The van der Waals surface area contributed by atoms with Gasteiger partial charge in [0.2, 0.25) is 0 Å². The van der Waals surface area contributed by atoms with Crippen molar-refractivity contribution in [3.05, 3.63) is 88.4 Å². The average molecular weight is 510 g/mol. The monoisotopic (exact) mass is 509 g/mol. The first-order valence-corrected chi connectivity index (χ1v) is 12.7. The van der Waals surface area contributed by atoms with Gasteiger partial charge in [-0.05, 0) is 70.8 Å². The van der Waals surface area contributed by atoms with Crippen LogP contribution in [0.3, 0.4) is 0 Å². The zero-order valence-corrected chi connectivity index (χ0v) is 20.4. The molecule has 1 amide bonds. The normalized spacial score (nSPS) is 15.1. The van der Waals surface area contributed by atoms with Crippen LogP contribution < -0.4 is 9.46 Å². The maximum absolute atomic E-state index is 12.5. The van der Waals surface area contributed by atoms with E-state index in [0.717, 1.165) is 47.0 Å². The number of rotatable bonds is 9. The number of nitrogens with one attached hydrogen (secondary N) is 1. The number of halogens is 1. The van der Waals surface area contributed by atoms with Crippen molar-refractivity contribution in [3.8, 4) is 16.9 Å². The highest BCUT2D eigenvalue weighted by Crippen LogP contribution is 2.44. The van der Waals surface area contributed by atoms with E-state index in [1.807, 2.05) is 36.4 Å². The molecule has 1 fully saturated rings. The minimum atomic E-state index is -1.05. The summed E-state index contributed by atoms with van der Waals surface area (Å²) in [5.74, 6) is -0.488. The Morgan fingerprint density at radius 1 is 1.03 bits per heavy atom. The summed E-state index contributed by atoms with van der Waals surface area (Å²) in [6.07, 6.45) is 1.62. The molecule has 3 aromatic carbocycles. The molecule has 0 saturated heterocycles. The molecule has 0 aliphatic heterocycles. The molecule has 0 spiro atoms. The first kappa shape index (κ1) is 23.6. The Labute approximate surface area is 212 Å². The van der Waals surface area contributed by atoms with Crippen LogP contribution in [-0.2, 0) is 16.0 Å². The lowest BCUT2D eigenvalue weighted by molar-refractivity contribution is -0.136. The van der Waals surface area contributed by atoms with Gasteiger partial charge in [0, 0.05) is 17.4 Å². The van der Waals surface area contributed by atoms with Crippen LogP contribution in [0.5, 0.6) is 5.75 Å². The van der Waals surface area contributed by atoms with Gasteiger partial charge in [0.05, 0.1) is 6.10 Å². The minimum absolute atomic E-state index is 0.0676. The van der Waals surface area contributed by atoms with Crippen LogP contribution in [0, 0.1) is 0 Å². The predicted molar refractivity (Wildman–Crippen MR) is 136 cm³/mol.